The van der Waals surface area contributed by atoms with Gasteiger partial charge in [0, 0.05) is 10.8 Å². The van der Waals surface area contributed by atoms with Gasteiger partial charge in [0.1, 0.15) is 23.0 Å². The molecule has 0 N–H and O–H groups in total. The molecule has 6 rings (SSSR count). The zero-order chi connectivity index (χ0) is 29.8. The van der Waals surface area contributed by atoms with E-state index in [2.05, 4.69) is 48.5 Å². The van der Waals surface area contributed by atoms with Gasteiger partial charge in [0.05, 0.1) is 62.0 Å². The first-order valence-electron chi connectivity index (χ1n) is 14.3. The molecule has 0 radical (unpaired) electrons. The van der Waals surface area contributed by atoms with E-state index in [1.807, 2.05) is 48.5 Å². The van der Waals surface area contributed by atoms with Crippen LogP contribution >= 0.6 is 0 Å². The van der Waals surface area contributed by atoms with E-state index >= 15 is 0 Å². The minimum absolute atomic E-state index is 0.732. The predicted molar refractivity (Wildman–Crippen MR) is 173 cm³/mol. The summed E-state index contributed by atoms with van der Waals surface area (Å²) in [4.78, 5) is 10.0. The molecule has 2 heterocycles. The first-order valence-corrected chi connectivity index (χ1v) is 14.3. The SMILES string of the molecule is COc1cccc(OC)c1-c1cc(CCCc2cc(-c3c(OC)cccc3OC)nc3ccccc23)c2ccccc2n1. The fourth-order valence-electron chi connectivity index (χ4n) is 5.84. The molecular weight excluding hydrogens is 536 g/mol. The van der Waals surface area contributed by atoms with Crippen molar-refractivity contribution in [2.24, 2.45) is 0 Å². The smallest absolute Gasteiger partial charge is 0.132 e. The number of aromatic nitrogens is 2. The van der Waals surface area contributed by atoms with Gasteiger partial charge in [-0.3, -0.25) is 0 Å². The Morgan fingerprint density at radius 2 is 0.837 bits per heavy atom. The molecule has 0 unspecified atom stereocenters. The zero-order valence-electron chi connectivity index (χ0n) is 24.9. The molecule has 0 bridgehead atoms. The van der Waals surface area contributed by atoms with E-state index in [4.69, 9.17) is 28.9 Å². The number of pyridine rings is 2. The molecule has 0 atom stereocenters. The van der Waals surface area contributed by atoms with Crippen LogP contribution in [0.2, 0.25) is 0 Å². The van der Waals surface area contributed by atoms with Crippen LogP contribution in [-0.4, -0.2) is 38.4 Å². The van der Waals surface area contributed by atoms with Crippen LogP contribution in [0.15, 0.2) is 97.1 Å². The molecule has 0 aliphatic heterocycles. The highest BCUT2D eigenvalue weighted by Crippen LogP contribution is 2.40. The minimum Gasteiger partial charge on any atom is -0.496 e. The maximum Gasteiger partial charge on any atom is 0.132 e. The van der Waals surface area contributed by atoms with Gasteiger partial charge in [-0.15, -0.1) is 0 Å². The second-order valence-electron chi connectivity index (χ2n) is 10.3. The van der Waals surface area contributed by atoms with Crippen molar-refractivity contribution in [1.82, 2.24) is 9.97 Å². The van der Waals surface area contributed by atoms with Gasteiger partial charge in [0.25, 0.3) is 0 Å². The summed E-state index contributed by atoms with van der Waals surface area (Å²) in [5, 5.41) is 2.30. The minimum atomic E-state index is 0.732. The summed E-state index contributed by atoms with van der Waals surface area (Å²) < 4.78 is 22.8. The Morgan fingerprint density at radius 1 is 0.465 bits per heavy atom. The average molecular weight is 571 g/mol. The lowest BCUT2D eigenvalue weighted by molar-refractivity contribution is 0.397. The molecule has 6 nitrogen and oxygen atoms in total. The van der Waals surface area contributed by atoms with E-state index in [1.165, 1.54) is 11.1 Å². The molecule has 216 valence electrons. The molecule has 0 fully saturated rings. The van der Waals surface area contributed by atoms with E-state index in [0.29, 0.717) is 0 Å². The van der Waals surface area contributed by atoms with Gasteiger partial charge in [0.2, 0.25) is 0 Å². The third-order valence-electron chi connectivity index (χ3n) is 7.86. The predicted octanol–water partition coefficient (Wildman–Crippen LogP) is 8.33. The van der Waals surface area contributed by atoms with Crippen molar-refractivity contribution in [3.05, 3.63) is 108 Å². The molecule has 43 heavy (non-hydrogen) atoms. The lowest BCUT2D eigenvalue weighted by atomic mass is 9.96. The van der Waals surface area contributed by atoms with Crippen molar-refractivity contribution in [3.63, 3.8) is 0 Å². The van der Waals surface area contributed by atoms with Crippen molar-refractivity contribution in [1.29, 1.82) is 0 Å². The Kier molecular flexibility index (Phi) is 8.09. The zero-order valence-corrected chi connectivity index (χ0v) is 24.9. The van der Waals surface area contributed by atoms with Crippen LogP contribution in [0, 0.1) is 0 Å². The highest BCUT2D eigenvalue weighted by Gasteiger charge is 2.18. The lowest BCUT2D eigenvalue weighted by Crippen LogP contribution is -2.00. The molecule has 6 aromatic rings. The fraction of sp³-hybridized carbons (Fsp3) is 0.189. The number of para-hydroxylation sites is 2. The van der Waals surface area contributed by atoms with Gasteiger partial charge in [-0.25, -0.2) is 9.97 Å². The van der Waals surface area contributed by atoms with Crippen molar-refractivity contribution in [3.8, 4) is 45.5 Å². The van der Waals surface area contributed by atoms with E-state index in [-0.39, 0.29) is 0 Å². The lowest BCUT2D eigenvalue weighted by Gasteiger charge is -2.16. The summed E-state index contributed by atoms with van der Waals surface area (Å²) in [5.41, 5.74) is 7.75. The first-order chi connectivity index (χ1) is 21.1. The maximum atomic E-state index is 5.71. The van der Waals surface area contributed by atoms with Crippen LogP contribution in [0.3, 0.4) is 0 Å². The number of hydrogen-bond acceptors (Lipinski definition) is 6. The van der Waals surface area contributed by atoms with Gasteiger partial charge >= 0.3 is 0 Å². The summed E-state index contributed by atoms with van der Waals surface area (Å²) in [7, 11) is 6.70. The molecule has 6 heteroatoms. The number of methoxy groups -OCH3 is 4. The van der Waals surface area contributed by atoms with E-state index in [0.717, 1.165) is 86.6 Å². The van der Waals surface area contributed by atoms with Crippen LogP contribution in [-0.2, 0) is 12.8 Å². The van der Waals surface area contributed by atoms with E-state index in [1.54, 1.807) is 28.4 Å². The monoisotopic (exact) mass is 570 g/mol. The average Bonchev–Trinajstić information content (AvgIpc) is 3.07. The number of aryl methyl sites for hydroxylation is 2. The van der Waals surface area contributed by atoms with Crippen LogP contribution in [0.1, 0.15) is 17.5 Å². The Morgan fingerprint density at radius 3 is 1.21 bits per heavy atom. The molecule has 2 aromatic heterocycles. The summed E-state index contributed by atoms with van der Waals surface area (Å²) >= 11 is 0. The molecule has 0 saturated heterocycles. The van der Waals surface area contributed by atoms with Gasteiger partial charge in [-0.1, -0.05) is 48.5 Å². The van der Waals surface area contributed by atoms with Crippen molar-refractivity contribution in [2.75, 3.05) is 28.4 Å². The number of fused-ring (bicyclic) bond motifs is 2. The van der Waals surface area contributed by atoms with Crippen LogP contribution in [0.4, 0.5) is 0 Å². The van der Waals surface area contributed by atoms with Gasteiger partial charge < -0.3 is 18.9 Å². The number of benzene rings is 4. The maximum absolute atomic E-state index is 5.71. The van der Waals surface area contributed by atoms with Gasteiger partial charge in [0.15, 0.2) is 0 Å². The molecule has 0 saturated carbocycles. The quantitative estimate of drug-likeness (QED) is 0.165. The standard InChI is InChI=1S/C37H34N2O4/c1-40-32-18-10-19-33(41-2)36(32)30-22-24(26-14-5-7-16-28(26)38-30)12-9-13-25-23-31(39-29-17-8-6-15-27(25)29)37-34(42-3)20-11-21-35(37)43-4/h5-8,10-11,14-23H,9,12-13H2,1-4H3. The van der Waals surface area contributed by atoms with Crippen LogP contribution in [0.25, 0.3) is 44.3 Å². The topological polar surface area (TPSA) is 62.7 Å². The van der Waals surface area contributed by atoms with Crippen molar-refractivity contribution >= 4 is 21.8 Å². The van der Waals surface area contributed by atoms with Gasteiger partial charge in [-0.05, 0) is 78.9 Å². The third-order valence-corrected chi connectivity index (χ3v) is 7.86. The Bertz CT molecular complexity index is 1730. The highest BCUT2D eigenvalue weighted by molar-refractivity contribution is 5.88. The number of rotatable bonds is 10. The highest BCUT2D eigenvalue weighted by atomic mass is 16.5. The first kappa shape index (κ1) is 28.0. The van der Waals surface area contributed by atoms with E-state index in [9.17, 15) is 0 Å². The molecule has 0 aliphatic carbocycles. The van der Waals surface area contributed by atoms with Crippen molar-refractivity contribution < 1.29 is 18.9 Å². The number of hydrogen-bond donors (Lipinski definition) is 0. The number of nitrogens with zero attached hydrogens (tertiary/aromatic N) is 2. The Hall–Kier alpha value is -5.10. The summed E-state index contributed by atoms with van der Waals surface area (Å²) in [6.45, 7) is 0. The summed E-state index contributed by atoms with van der Waals surface area (Å²) in [6, 6.07) is 32.6. The fourth-order valence-corrected chi connectivity index (χ4v) is 5.84. The molecule has 0 amide bonds. The van der Waals surface area contributed by atoms with Crippen LogP contribution in [0.5, 0.6) is 23.0 Å². The molecule has 0 spiro atoms. The molecular formula is C37H34N2O4. The normalized spacial score (nSPS) is 11.1. The third kappa shape index (κ3) is 5.44. The number of ether oxygens (including phenoxy) is 4. The van der Waals surface area contributed by atoms with Gasteiger partial charge in [-0.2, -0.15) is 0 Å². The molecule has 0 aliphatic rings. The van der Waals surface area contributed by atoms with Crippen LogP contribution < -0.4 is 18.9 Å². The second kappa shape index (κ2) is 12.4. The van der Waals surface area contributed by atoms with Crippen molar-refractivity contribution in [2.45, 2.75) is 19.3 Å². The Balaban J connectivity index is 1.38. The summed E-state index contributed by atoms with van der Waals surface area (Å²) in [5.74, 6) is 2.93. The summed E-state index contributed by atoms with van der Waals surface area (Å²) in [6.07, 6.45) is 2.68. The second-order valence-corrected chi connectivity index (χ2v) is 10.3. The molecule has 4 aromatic carbocycles. The Labute approximate surface area is 251 Å². The van der Waals surface area contributed by atoms with E-state index < -0.39 is 0 Å². The largest absolute Gasteiger partial charge is 0.496 e.